The van der Waals surface area contributed by atoms with Gasteiger partial charge in [0.2, 0.25) is 0 Å². The third kappa shape index (κ3) is 4.47. The van der Waals surface area contributed by atoms with Gasteiger partial charge in [0.05, 0.1) is 26.4 Å². The van der Waals surface area contributed by atoms with Gasteiger partial charge in [-0.1, -0.05) is 25.6 Å². The molecule has 0 bridgehead atoms. The molecule has 0 amide bonds. The molecule has 23 heavy (non-hydrogen) atoms. The van der Waals surface area contributed by atoms with E-state index in [9.17, 15) is 9.59 Å². The van der Waals surface area contributed by atoms with Crippen LogP contribution in [0.3, 0.4) is 0 Å². The van der Waals surface area contributed by atoms with Crippen molar-refractivity contribution in [3.63, 3.8) is 0 Å². The lowest BCUT2D eigenvalue weighted by Crippen LogP contribution is -2.55. The second-order valence-electron chi connectivity index (χ2n) is 5.98. The number of rotatable bonds is 6. The van der Waals surface area contributed by atoms with Crippen LogP contribution in [-0.2, 0) is 28.5 Å². The second kappa shape index (κ2) is 8.46. The summed E-state index contributed by atoms with van der Waals surface area (Å²) in [5, 5.41) is 0.0965. The number of carbonyl (C=O) groups is 2. The van der Waals surface area contributed by atoms with E-state index in [-0.39, 0.29) is 17.1 Å². The lowest BCUT2D eigenvalue weighted by Gasteiger charge is -2.44. The van der Waals surface area contributed by atoms with E-state index in [1.165, 1.54) is 18.9 Å². The highest BCUT2D eigenvalue weighted by Crippen LogP contribution is 2.40. The van der Waals surface area contributed by atoms with Crippen LogP contribution in [0.1, 0.15) is 39.5 Å². The zero-order chi connectivity index (χ0) is 16.9. The van der Waals surface area contributed by atoms with Gasteiger partial charge in [-0.15, -0.1) is 0 Å². The molecule has 0 aromatic heterocycles. The van der Waals surface area contributed by atoms with Crippen molar-refractivity contribution in [3.05, 3.63) is 0 Å². The summed E-state index contributed by atoms with van der Waals surface area (Å²) in [6.45, 7) is 4.96. The van der Waals surface area contributed by atoms with E-state index in [0.717, 1.165) is 18.6 Å². The number of thioether (sulfide) groups is 1. The van der Waals surface area contributed by atoms with Crippen molar-refractivity contribution in [1.82, 2.24) is 0 Å². The van der Waals surface area contributed by atoms with Crippen LogP contribution in [0.5, 0.6) is 0 Å². The molecule has 2 heterocycles. The third-order valence-electron chi connectivity index (χ3n) is 4.49. The fourth-order valence-electron chi connectivity index (χ4n) is 3.22. The third-order valence-corrected chi connectivity index (χ3v) is 5.26. The Morgan fingerprint density at radius 3 is 2.57 bits per heavy atom. The SMILES string of the molecule is CCSC(=O)CC1CC[C@H](C)[C@](CC2OCCO2)(C(=O)OC)O1. The molecule has 2 aliphatic heterocycles. The van der Waals surface area contributed by atoms with Gasteiger partial charge in [0, 0.05) is 12.8 Å². The average Bonchev–Trinajstić information content (AvgIpc) is 3.02. The molecule has 0 N–H and O–H groups in total. The minimum Gasteiger partial charge on any atom is -0.467 e. The zero-order valence-electron chi connectivity index (χ0n) is 14.0. The average molecular weight is 346 g/mol. The molecule has 1 unspecified atom stereocenters. The number of esters is 1. The van der Waals surface area contributed by atoms with Crippen LogP contribution in [0.15, 0.2) is 0 Å². The highest BCUT2D eigenvalue weighted by Gasteiger charge is 2.52. The van der Waals surface area contributed by atoms with Gasteiger partial charge in [-0.05, 0) is 24.5 Å². The van der Waals surface area contributed by atoms with E-state index in [0.29, 0.717) is 26.1 Å². The quantitative estimate of drug-likeness (QED) is 0.682. The van der Waals surface area contributed by atoms with Gasteiger partial charge in [-0.3, -0.25) is 4.79 Å². The van der Waals surface area contributed by atoms with E-state index < -0.39 is 17.9 Å². The molecule has 2 fully saturated rings. The van der Waals surface area contributed by atoms with Crippen LogP contribution in [0, 0.1) is 5.92 Å². The minimum absolute atomic E-state index is 0.0204. The predicted molar refractivity (Wildman–Crippen MR) is 86.1 cm³/mol. The molecule has 3 atom stereocenters. The molecular formula is C16H26O6S. The van der Waals surface area contributed by atoms with E-state index in [4.69, 9.17) is 18.9 Å². The lowest BCUT2D eigenvalue weighted by molar-refractivity contribution is -0.217. The van der Waals surface area contributed by atoms with Crippen molar-refractivity contribution < 1.29 is 28.5 Å². The van der Waals surface area contributed by atoms with Crippen LogP contribution in [0.25, 0.3) is 0 Å². The Hall–Kier alpha value is -0.630. The van der Waals surface area contributed by atoms with Crippen LogP contribution in [0.4, 0.5) is 0 Å². The standard InChI is InChI=1S/C16H26O6S/c1-4-23-13(17)9-12-6-5-11(2)16(22-12,15(18)19-3)10-14-20-7-8-21-14/h11-12,14H,4-10H2,1-3H3/t11-,12?,16+/m0/s1. The summed E-state index contributed by atoms with van der Waals surface area (Å²) < 4.78 is 22.2. The number of carbonyl (C=O) groups excluding carboxylic acids is 2. The summed E-state index contributed by atoms with van der Waals surface area (Å²) >= 11 is 1.29. The van der Waals surface area contributed by atoms with Crippen molar-refractivity contribution in [2.75, 3.05) is 26.1 Å². The molecule has 0 aliphatic carbocycles. The molecule has 0 spiro atoms. The lowest BCUT2D eigenvalue weighted by atomic mass is 9.78. The number of hydrogen-bond donors (Lipinski definition) is 0. The molecular weight excluding hydrogens is 320 g/mol. The number of ether oxygens (including phenoxy) is 4. The molecule has 2 saturated heterocycles. The first-order valence-electron chi connectivity index (χ1n) is 8.17. The maximum absolute atomic E-state index is 12.5. The molecule has 132 valence electrons. The predicted octanol–water partition coefficient (Wildman–Crippen LogP) is 2.15. The monoisotopic (exact) mass is 346 g/mol. The topological polar surface area (TPSA) is 71.1 Å². The normalized spacial score (nSPS) is 32.0. The van der Waals surface area contributed by atoms with E-state index in [2.05, 4.69) is 0 Å². The molecule has 0 aromatic carbocycles. The van der Waals surface area contributed by atoms with Crippen molar-refractivity contribution in [2.24, 2.45) is 5.92 Å². The van der Waals surface area contributed by atoms with Gasteiger partial charge in [-0.2, -0.15) is 0 Å². The van der Waals surface area contributed by atoms with Crippen LogP contribution in [-0.4, -0.2) is 55.2 Å². The molecule has 0 radical (unpaired) electrons. The fourth-order valence-corrected chi connectivity index (χ4v) is 3.84. The Kier molecular flexibility index (Phi) is 6.88. The van der Waals surface area contributed by atoms with Gasteiger partial charge in [-0.25, -0.2) is 4.79 Å². The van der Waals surface area contributed by atoms with Crippen LogP contribution < -0.4 is 0 Å². The Bertz CT molecular complexity index is 423. The van der Waals surface area contributed by atoms with Crippen molar-refractivity contribution >= 4 is 22.8 Å². The molecule has 2 rings (SSSR count). The van der Waals surface area contributed by atoms with E-state index >= 15 is 0 Å². The van der Waals surface area contributed by atoms with Gasteiger partial charge < -0.3 is 18.9 Å². The second-order valence-corrected chi connectivity index (χ2v) is 7.31. The zero-order valence-corrected chi connectivity index (χ0v) is 14.9. The van der Waals surface area contributed by atoms with Gasteiger partial charge in [0.1, 0.15) is 0 Å². The Balaban J connectivity index is 2.12. The van der Waals surface area contributed by atoms with Crippen molar-refractivity contribution in [2.45, 2.75) is 57.5 Å². The summed E-state index contributed by atoms with van der Waals surface area (Å²) in [6, 6.07) is 0. The smallest absolute Gasteiger partial charge is 0.338 e. The highest BCUT2D eigenvalue weighted by molar-refractivity contribution is 8.13. The Morgan fingerprint density at radius 2 is 1.96 bits per heavy atom. The van der Waals surface area contributed by atoms with Crippen molar-refractivity contribution in [3.8, 4) is 0 Å². The maximum atomic E-state index is 12.5. The number of hydrogen-bond acceptors (Lipinski definition) is 7. The Morgan fingerprint density at radius 1 is 1.26 bits per heavy atom. The Labute approximate surface area is 141 Å². The van der Waals surface area contributed by atoms with Gasteiger partial charge in [0.25, 0.3) is 0 Å². The van der Waals surface area contributed by atoms with Crippen LogP contribution in [0.2, 0.25) is 0 Å². The minimum atomic E-state index is -1.11. The fraction of sp³-hybridized carbons (Fsp3) is 0.875. The van der Waals surface area contributed by atoms with Crippen LogP contribution >= 0.6 is 11.8 Å². The highest BCUT2D eigenvalue weighted by atomic mass is 32.2. The molecule has 0 aromatic rings. The molecule has 2 aliphatic rings. The maximum Gasteiger partial charge on any atom is 0.338 e. The van der Waals surface area contributed by atoms with E-state index in [1.807, 2.05) is 13.8 Å². The van der Waals surface area contributed by atoms with Gasteiger partial charge in [0.15, 0.2) is 17.0 Å². The van der Waals surface area contributed by atoms with Crippen molar-refractivity contribution in [1.29, 1.82) is 0 Å². The summed E-state index contributed by atoms with van der Waals surface area (Å²) in [5.41, 5.74) is -1.11. The largest absolute Gasteiger partial charge is 0.467 e. The molecule has 0 saturated carbocycles. The molecule has 7 heteroatoms. The van der Waals surface area contributed by atoms with E-state index in [1.54, 1.807) is 0 Å². The summed E-state index contributed by atoms with van der Waals surface area (Å²) in [7, 11) is 1.36. The number of methoxy groups -OCH3 is 1. The van der Waals surface area contributed by atoms with Gasteiger partial charge >= 0.3 is 5.97 Å². The summed E-state index contributed by atoms with van der Waals surface area (Å²) in [4.78, 5) is 24.4. The first-order chi connectivity index (χ1) is 11.0. The summed E-state index contributed by atoms with van der Waals surface area (Å²) in [5.74, 6) is 0.311. The first-order valence-corrected chi connectivity index (χ1v) is 9.15. The molecule has 6 nitrogen and oxygen atoms in total. The summed E-state index contributed by atoms with van der Waals surface area (Å²) in [6.07, 6.45) is 1.45. The first kappa shape index (κ1) is 18.7.